The Hall–Kier alpha value is -0.760. The summed E-state index contributed by atoms with van der Waals surface area (Å²) in [5.41, 5.74) is 7.11. The van der Waals surface area contributed by atoms with Crippen LogP contribution in [0.4, 0.5) is 5.69 Å². The minimum Gasteiger partial charge on any atom is -0.398 e. The first-order valence-electron chi connectivity index (χ1n) is 5.48. The molecule has 0 saturated carbocycles. The zero-order chi connectivity index (χ0) is 14.7. The Bertz CT molecular complexity index is 798. The molecule has 0 aliphatic heterocycles. The van der Waals surface area contributed by atoms with Gasteiger partial charge >= 0.3 is 4.87 Å². The number of thiazole rings is 1. The number of benzene rings is 2. The average Bonchev–Trinajstić information content (AvgIpc) is 2.74. The van der Waals surface area contributed by atoms with E-state index in [1.807, 2.05) is 36.4 Å². The first kappa shape index (κ1) is 15.6. The maximum atomic E-state index is 10.8. The molecule has 0 aliphatic rings. The van der Waals surface area contributed by atoms with Crippen molar-refractivity contribution in [3.05, 3.63) is 55.0 Å². The molecule has 3 N–H and O–H groups in total. The smallest absolute Gasteiger partial charge is 0.305 e. The quantitative estimate of drug-likeness (QED) is 0.356. The van der Waals surface area contributed by atoms with E-state index in [2.05, 4.69) is 49.5 Å². The van der Waals surface area contributed by atoms with E-state index in [0.717, 1.165) is 24.1 Å². The van der Waals surface area contributed by atoms with E-state index in [9.17, 15) is 4.79 Å². The average molecular weight is 434 g/mol. The Kier molecular flexibility index (Phi) is 5.31. The number of nitrogen functional groups attached to an aromatic ring is 1. The van der Waals surface area contributed by atoms with Gasteiger partial charge in [0, 0.05) is 19.5 Å². The van der Waals surface area contributed by atoms with E-state index < -0.39 is 0 Å². The summed E-state index contributed by atoms with van der Waals surface area (Å²) in [4.78, 5) is 14.4. The fourth-order valence-corrected chi connectivity index (χ4v) is 3.48. The van der Waals surface area contributed by atoms with E-state index in [-0.39, 0.29) is 4.87 Å². The molecule has 0 aliphatic carbocycles. The van der Waals surface area contributed by atoms with Crippen LogP contribution in [0.15, 0.2) is 55.0 Å². The van der Waals surface area contributed by atoms with E-state index in [4.69, 9.17) is 5.73 Å². The number of hydrogen-bond donors (Lipinski definition) is 3. The summed E-state index contributed by atoms with van der Waals surface area (Å²) in [5.74, 6) is 0. The highest BCUT2D eigenvalue weighted by Crippen LogP contribution is 2.21. The zero-order valence-electron chi connectivity index (χ0n) is 10.1. The summed E-state index contributed by atoms with van der Waals surface area (Å²) in [6.45, 7) is 0. The lowest BCUT2D eigenvalue weighted by atomic mass is 10.3. The molecule has 0 radical (unpaired) electrons. The van der Waals surface area contributed by atoms with Gasteiger partial charge in [0.1, 0.15) is 0 Å². The van der Waals surface area contributed by atoms with Crippen LogP contribution in [-0.4, -0.2) is 4.98 Å². The molecule has 3 aromatic rings. The minimum absolute atomic E-state index is 0.00176. The summed E-state index contributed by atoms with van der Waals surface area (Å²) in [6.07, 6.45) is 0. The summed E-state index contributed by atoms with van der Waals surface area (Å²) in [6, 6.07) is 11.3. The maximum Gasteiger partial charge on any atom is 0.305 e. The number of nitrogens with two attached hydrogens (primary N) is 1. The molecule has 0 amide bonds. The normalized spacial score (nSPS) is 10.2. The topological polar surface area (TPSA) is 58.9 Å². The van der Waals surface area contributed by atoms with Crippen LogP contribution in [0.3, 0.4) is 0 Å². The fraction of sp³-hybridized carbons (Fsp3) is 0. The first-order chi connectivity index (χ1) is 9.45. The molecule has 0 saturated heterocycles. The Morgan fingerprint density at radius 2 is 1.75 bits per heavy atom. The van der Waals surface area contributed by atoms with E-state index in [1.54, 1.807) is 0 Å². The molecule has 3 rings (SSSR count). The van der Waals surface area contributed by atoms with Crippen LogP contribution in [0.5, 0.6) is 0 Å². The van der Waals surface area contributed by atoms with Gasteiger partial charge in [-0.15, -0.1) is 12.6 Å². The number of rotatable bonds is 0. The third-order valence-electron chi connectivity index (χ3n) is 2.38. The Morgan fingerprint density at radius 3 is 2.40 bits per heavy atom. The molecule has 0 fully saturated rings. The SMILES string of the molecule is Nc1ccc(Br)cc1S.O=c1[nH]c2ccc(Br)cc2s1. The van der Waals surface area contributed by atoms with Crippen LogP contribution in [0, 0.1) is 0 Å². The number of aromatic amines is 1. The maximum absolute atomic E-state index is 10.8. The number of anilines is 1. The molecule has 3 nitrogen and oxygen atoms in total. The highest BCUT2D eigenvalue weighted by molar-refractivity contribution is 9.10. The number of nitrogens with one attached hydrogen (secondary N) is 1. The van der Waals surface area contributed by atoms with Crippen molar-refractivity contribution >= 4 is 71.7 Å². The van der Waals surface area contributed by atoms with Gasteiger partial charge in [-0.2, -0.15) is 0 Å². The van der Waals surface area contributed by atoms with E-state index in [0.29, 0.717) is 5.69 Å². The second-order valence-electron chi connectivity index (χ2n) is 3.86. The molecule has 7 heteroatoms. The van der Waals surface area contributed by atoms with Crippen LogP contribution in [0.25, 0.3) is 10.2 Å². The lowest BCUT2D eigenvalue weighted by Gasteiger charge is -1.96. The first-order valence-corrected chi connectivity index (χ1v) is 8.33. The lowest BCUT2D eigenvalue weighted by Crippen LogP contribution is -1.89. The van der Waals surface area contributed by atoms with Crippen molar-refractivity contribution in [2.45, 2.75) is 4.90 Å². The highest BCUT2D eigenvalue weighted by Gasteiger charge is 1.97. The molecular formula is C13H10Br2N2OS2. The standard InChI is InChI=1S/C7H4BrNOS.C6H6BrNS/c8-4-1-2-5-6(3-4)11-7(10)9-5;7-4-1-2-5(8)6(9)3-4/h1-3H,(H,9,10);1-3,9H,8H2. The Labute approximate surface area is 141 Å². The lowest BCUT2D eigenvalue weighted by molar-refractivity contribution is 1.41. The molecule has 0 spiro atoms. The van der Waals surface area contributed by atoms with Crippen LogP contribution >= 0.6 is 55.8 Å². The highest BCUT2D eigenvalue weighted by atomic mass is 79.9. The van der Waals surface area contributed by atoms with E-state index in [1.165, 1.54) is 11.3 Å². The fourth-order valence-electron chi connectivity index (χ4n) is 1.44. The summed E-state index contributed by atoms with van der Waals surface area (Å²) >= 11 is 12.0. The van der Waals surface area contributed by atoms with Gasteiger partial charge in [-0.25, -0.2) is 0 Å². The number of halogens is 2. The Morgan fingerprint density at radius 1 is 1.10 bits per heavy atom. The van der Waals surface area contributed by atoms with Gasteiger partial charge < -0.3 is 10.7 Å². The molecule has 104 valence electrons. The monoisotopic (exact) mass is 432 g/mol. The Balaban J connectivity index is 0.000000151. The molecule has 2 aromatic carbocycles. The number of thiol groups is 1. The van der Waals surface area contributed by atoms with E-state index >= 15 is 0 Å². The van der Waals surface area contributed by atoms with Crippen molar-refractivity contribution < 1.29 is 0 Å². The van der Waals surface area contributed by atoms with Crippen molar-refractivity contribution in [1.82, 2.24) is 4.98 Å². The largest absolute Gasteiger partial charge is 0.398 e. The summed E-state index contributed by atoms with van der Waals surface area (Å²) in [5, 5.41) is 0. The second kappa shape index (κ2) is 6.80. The third kappa shape index (κ3) is 4.12. The molecule has 1 heterocycles. The van der Waals surface area contributed by atoms with Crippen molar-refractivity contribution in [2.24, 2.45) is 0 Å². The molecule has 0 bridgehead atoms. The van der Waals surface area contributed by atoms with Crippen molar-refractivity contribution in [1.29, 1.82) is 0 Å². The van der Waals surface area contributed by atoms with Gasteiger partial charge in [0.15, 0.2) is 0 Å². The van der Waals surface area contributed by atoms with Crippen LogP contribution < -0.4 is 10.6 Å². The molecule has 20 heavy (non-hydrogen) atoms. The number of fused-ring (bicyclic) bond motifs is 1. The van der Waals surface area contributed by atoms with Gasteiger partial charge in [-0.1, -0.05) is 43.2 Å². The van der Waals surface area contributed by atoms with Gasteiger partial charge in [-0.05, 0) is 36.4 Å². The van der Waals surface area contributed by atoms with Gasteiger partial charge in [0.05, 0.1) is 10.2 Å². The van der Waals surface area contributed by atoms with Crippen molar-refractivity contribution in [3.8, 4) is 0 Å². The van der Waals surface area contributed by atoms with Crippen LogP contribution in [-0.2, 0) is 0 Å². The summed E-state index contributed by atoms with van der Waals surface area (Å²) in [7, 11) is 0. The van der Waals surface area contributed by atoms with Gasteiger partial charge in [0.25, 0.3) is 0 Å². The molecule has 0 unspecified atom stereocenters. The predicted octanol–water partition coefficient (Wildman–Crippen LogP) is 4.67. The van der Waals surface area contributed by atoms with Gasteiger partial charge in [0.2, 0.25) is 0 Å². The molecule has 0 atom stereocenters. The third-order valence-corrected chi connectivity index (χ3v) is 4.59. The van der Waals surface area contributed by atoms with Crippen molar-refractivity contribution in [2.75, 3.05) is 5.73 Å². The van der Waals surface area contributed by atoms with Crippen LogP contribution in [0.1, 0.15) is 0 Å². The van der Waals surface area contributed by atoms with Crippen molar-refractivity contribution in [3.63, 3.8) is 0 Å². The predicted molar refractivity (Wildman–Crippen MR) is 96.0 cm³/mol. The zero-order valence-corrected chi connectivity index (χ0v) is 14.9. The number of hydrogen-bond acceptors (Lipinski definition) is 4. The second-order valence-corrected chi connectivity index (χ2v) is 7.19. The van der Waals surface area contributed by atoms with Gasteiger partial charge in [-0.3, -0.25) is 4.79 Å². The summed E-state index contributed by atoms with van der Waals surface area (Å²) < 4.78 is 2.99. The minimum atomic E-state index is -0.00176. The molecular weight excluding hydrogens is 424 g/mol. The number of H-pyrrole nitrogens is 1. The number of aromatic nitrogens is 1. The molecule has 1 aromatic heterocycles. The van der Waals surface area contributed by atoms with Crippen LogP contribution in [0.2, 0.25) is 0 Å².